The lowest BCUT2D eigenvalue weighted by molar-refractivity contribution is -0.142. The molecule has 0 spiro atoms. The molecule has 1 N–H and O–H groups in total. The Balaban J connectivity index is 2.19. The topological polar surface area (TPSA) is 50.2 Å². The number of aliphatic carboxylic acids is 1. The minimum Gasteiger partial charge on any atom is -0.481 e. The second-order valence-corrected chi connectivity index (χ2v) is 5.66. The van der Waals surface area contributed by atoms with Crippen molar-refractivity contribution in [3.63, 3.8) is 0 Å². The van der Waals surface area contributed by atoms with Gasteiger partial charge in [-0.05, 0) is 19.4 Å². The zero-order chi connectivity index (χ0) is 13.2. The monoisotopic (exact) mass is 261 g/mol. The van der Waals surface area contributed by atoms with Crippen molar-refractivity contribution in [2.45, 2.75) is 25.7 Å². The number of carboxylic acids is 1. The lowest BCUT2D eigenvalue weighted by atomic mass is 9.90. The first-order chi connectivity index (χ1) is 8.50. The van der Waals surface area contributed by atoms with Crippen LogP contribution >= 0.6 is 11.3 Å². The van der Waals surface area contributed by atoms with E-state index in [9.17, 15) is 4.79 Å². The highest BCUT2D eigenvalue weighted by Crippen LogP contribution is 2.26. The Morgan fingerprint density at radius 3 is 2.61 bits per heavy atom. The summed E-state index contributed by atoms with van der Waals surface area (Å²) in [7, 11) is 0. The second-order valence-electron chi connectivity index (χ2n) is 4.72. The summed E-state index contributed by atoms with van der Waals surface area (Å²) in [4.78, 5) is 15.6. The molecule has 0 amide bonds. The zero-order valence-corrected chi connectivity index (χ0v) is 11.2. The average molecular weight is 261 g/mol. The highest BCUT2D eigenvalue weighted by atomic mass is 32.1. The van der Waals surface area contributed by atoms with Crippen LogP contribution in [0.4, 0.5) is 0 Å². The first kappa shape index (κ1) is 12.8. The predicted molar refractivity (Wildman–Crippen MR) is 72.0 cm³/mol. The summed E-state index contributed by atoms with van der Waals surface area (Å²) in [5, 5.41) is 11.9. The number of rotatable bonds is 4. The van der Waals surface area contributed by atoms with Gasteiger partial charge in [-0.3, -0.25) is 4.79 Å². The molecule has 0 fully saturated rings. The van der Waals surface area contributed by atoms with Gasteiger partial charge in [0.05, 0.1) is 10.7 Å². The van der Waals surface area contributed by atoms with E-state index >= 15 is 0 Å². The lowest BCUT2D eigenvalue weighted by Gasteiger charge is -2.15. The number of carboxylic acid groups (broad SMARTS) is 1. The third-order valence-electron chi connectivity index (χ3n) is 2.92. The van der Waals surface area contributed by atoms with Crippen molar-refractivity contribution in [3.05, 3.63) is 52.0 Å². The van der Waals surface area contributed by atoms with Crippen LogP contribution in [0.15, 0.2) is 35.7 Å². The van der Waals surface area contributed by atoms with Gasteiger partial charge in [-0.2, -0.15) is 0 Å². The Morgan fingerprint density at radius 1 is 1.33 bits per heavy atom. The van der Waals surface area contributed by atoms with E-state index in [-0.39, 0.29) is 0 Å². The van der Waals surface area contributed by atoms with Gasteiger partial charge in [0.25, 0.3) is 0 Å². The molecule has 0 aliphatic carbocycles. The molecule has 1 heterocycles. The molecule has 0 saturated heterocycles. The van der Waals surface area contributed by atoms with Gasteiger partial charge in [-0.25, -0.2) is 4.98 Å². The second kappa shape index (κ2) is 4.90. The highest BCUT2D eigenvalue weighted by Gasteiger charge is 2.31. The normalized spacial score (nSPS) is 11.4. The lowest BCUT2D eigenvalue weighted by Crippen LogP contribution is -2.28. The van der Waals surface area contributed by atoms with E-state index in [4.69, 9.17) is 5.11 Å². The molecule has 0 unspecified atom stereocenters. The molecular formula is C14H15NO2S. The fourth-order valence-electron chi connectivity index (χ4n) is 1.56. The molecule has 1 aromatic heterocycles. The molecule has 2 rings (SSSR count). The molecule has 0 radical (unpaired) electrons. The van der Waals surface area contributed by atoms with Crippen LogP contribution in [0, 0.1) is 0 Å². The number of hydrogen-bond donors (Lipinski definition) is 1. The molecule has 0 bridgehead atoms. The van der Waals surface area contributed by atoms with Crippen molar-refractivity contribution in [2.75, 3.05) is 0 Å². The summed E-state index contributed by atoms with van der Waals surface area (Å²) < 4.78 is 0. The van der Waals surface area contributed by atoms with Gasteiger partial charge in [0.2, 0.25) is 0 Å². The zero-order valence-electron chi connectivity index (χ0n) is 10.4. The molecule has 94 valence electrons. The molecule has 4 heteroatoms. The van der Waals surface area contributed by atoms with E-state index in [0.29, 0.717) is 5.69 Å². The van der Waals surface area contributed by atoms with Crippen molar-refractivity contribution in [1.29, 1.82) is 0 Å². The molecular weight excluding hydrogens is 246 g/mol. The van der Waals surface area contributed by atoms with Crippen LogP contribution in [0.25, 0.3) is 0 Å². The third-order valence-corrected chi connectivity index (χ3v) is 3.77. The summed E-state index contributed by atoms with van der Waals surface area (Å²) in [6, 6.07) is 10.0. The van der Waals surface area contributed by atoms with Gasteiger partial charge in [0.15, 0.2) is 0 Å². The summed E-state index contributed by atoms with van der Waals surface area (Å²) in [5.74, 6) is -0.848. The molecule has 1 aromatic carbocycles. The van der Waals surface area contributed by atoms with E-state index in [1.165, 1.54) is 16.9 Å². The number of benzene rings is 1. The van der Waals surface area contributed by atoms with Crippen molar-refractivity contribution in [3.8, 4) is 0 Å². The van der Waals surface area contributed by atoms with Gasteiger partial charge in [0.1, 0.15) is 5.41 Å². The van der Waals surface area contributed by atoms with Gasteiger partial charge >= 0.3 is 5.97 Å². The number of carbonyl (C=O) groups is 1. The summed E-state index contributed by atoms with van der Waals surface area (Å²) in [6.45, 7) is 3.35. The van der Waals surface area contributed by atoms with Gasteiger partial charge in [0, 0.05) is 11.8 Å². The van der Waals surface area contributed by atoms with Crippen LogP contribution in [0.2, 0.25) is 0 Å². The van der Waals surface area contributed by atoms with Crippen molar-refractivity contribution < 1.29 is 9.90 Å². The van der Waals surface area contributed by atoms with Gasteiger partial charge in [-0.15, -0.1) is 11.3 Å². The van der Waals surface area contributed by atoms with Crippen LogP contribution in [0.5, 0.6) is 0 Å². The van der Waals surface area contributed by atoms with E-state index < -0.39 is 11.4 Å². The first-order valence-electron chi connectivity index (χ1n) is 5.72. The molecule has 0 aliphatic rings. The highest BCUT2D eigenvalue weighted by molar-refractivity contribution is 7.09. The largest absolute Gasteiger partial charge is 0.481 e. The molecule has 18 heavy (non-hydrogen) atoms. The maximum absolute atomic E-state index is 11.2. The minimum absolute atomic E-state index is 0.630. The number of hydrogen-bond acceptors (Lipinski definition) is 3. The first-order valence-corrected chi connectivity index (χ1v) is 6.60. The standard InChI is InChI=1S/C14H15NO2S/c1-14(2,13(16)17)11-9-18-12(15-11)8-10-6-4-3-5-7-10/h3-7,9H,8H2,1-2H3,(H,16,17). The molecule has 0 aliphatic heterocycles. The summed E-state index contributed by atoms with van der Waals surface area (Å²) in [6.07, 6.45) is 0.751. The Bertz CT molecular complexity index is 546. The average Bonchev–Trinajstić information content (AvgIpc) is 2.79. The Morgan fingerprint density at radius 2 is 2.00 bits per heavy atom. The van der Waals surface area contributed by atoms with Crippen molar-refractivity contribution in [1.82, 2.24) is 4.98 Å². The predicted octanol–water partition coefficient (Wildman–Crippen LogP) is 3.10. The van der Waals surface area contributed by atoms with Crippen LogP contribution < -0.4 is 0 Å². The molecule has 2 aromatic rings. The number of nitrogens with zero attached hydrogens (tertiary/aromatic N) is 1. The maximum atomic E-state index is 11.2. The number of aromatic nitrogens is 1. The van der Waals surface area contributed by atoms with Crippen LogP contribution in [-0.2, 0) is 16.6 Å². The van der Waals surface area contributed by atoms with Crippen molar-refractivity contribution >= 4 is 17.3 Å². The van der Waals surface area contributed by atoms with Gasteiger partial charge in [-0.1, -0.05) is 30.3 Å². The maximum Gasteiger partial charge on any atom is 0.315 e. The number of thiazole rings is 1. The van der Waals surface area contributed by atoms with E-state index in [2.05, 4.69) is 4.98 Å². The van der Waals surface area contributed by atoms with Gasteiger partial charge < -0.3 is 5.11 Å². The Hall–Kier alpha value is -1.68. The van der Waals surface area contributed by atoms with E-state index in [0.717, 1.165) is 11.4 Å². The summed E-state index contributed by atoms with van der Waals surface area (Å²) >= 11 is 1.51. The van der Waals surface area contributed by atoms with Crippen LogP contribution in [0.1, 0.15) is 30.1 Å². The molecule has 3 nitrogen and oxygen atoms in total. The van der Waals surface area contributed by atoms with Crippen LogP contribution in [0.3, 0.4) is 0 Å². The minimum atomic E-state index is -0.925. The molecule has 0 atom stereocenters. The van der Waals surface area contributed by atoms with Crippen molar-refractivity contribution in [2.24, 2.45) is 0 Å². The Kier molecular flexibility index (Phi) is 3.48. The molecule has 0 saturated carbocycles. The Labute approximate surface area is 110 Å². The summed E-state index contributed by atoms with van der Waals surface area (Å²) in [5.41, 5.74) is 0.892. The van der Waals surface area contributed by atoms with E-state index in [1.807, 2.05) is 35.7 Å². The van der Waals surface area contributed by atoms with E-state index in [1.54, 1.807) is 13.8 Å². The quantitative estimate of drug-likeness (QED) is 0.920. The van der Waals surface area contributed by atoms with Crippen LogP contribution in [-0.4, -0.2) is 16.1 Å². The third kappa shape index (κ3) is 2.59. The fraction of sp³-hybridized carbons (Fsp3) is 0.286. The SMILES string of the molecule is CC(C)(C(=O)O)c1csc(Cc2ccccc2)n1. The smallest absolute Gasteiger partial charge is 0.315 e. The fourth-order valence-corrected chi connectivity index (χ4v) is 2.56.